The number of aromatic nitrogens is 3. The molecule has 0 spiro atoms. The number of methoxy groups -OCH3 is 1. The van der Waals surface area contributed by atoms with Gasteiger partial charge in [0.1, 0.15) is 12.3 Å². The monoisotopic (exact) mass is 348 g/mol. The lowest BCUT2D eigenvalue weighted by molar-refractivity contribution is -0.121. The Balaban J connectivity index is 2.01. The maximum Gasteiger partial charge on any atom is 0.240 e. The van der Waals surface area contributed by atoms with Gasteiger partial charge in [0.2, 0.25) is 5.91 Å². The molecule has 1 amide bonds. The molecular formula is C17H24N4O2S. The van der Waals surface area contributed by atoms with Gasteiger partial charge in [0.25, 0.3) is 0 Å². The van der Waals surface area contributed by atoms with Crippen LogP contribution in [0.1, 0.15) is 32.6 Å². The quantitative estimate of drug-likeness (QED) is 0.539. The van der Waals surface area contributed by atoms with Crippen molar-refractivity contribution < 1.29 is 9.53 Å². The van der Waals surface area contributed by atoms with Crippen molar-refractivity contribution >= 4 is 18.1 Å². The number of ether oxygens (including phenoxy) is 1. The summed E-state index contributed by atoms with van der Waals surface area (Å²) in [7, 11) is 1.62. The number of unbranched alkanes of at least 4 members (excludes halogenated alkanes) is 3. The van der Waals surface area contributed by atoms with E-state index in [1.165, 1.54) is 12.8 Å². The number of nitrogens with one attached hydrogen (secondary N) is 2. The summed E-state index contributed by atoms with van der Waals surface area (Å²) in [5, 5.41) is 9.93. The fraction of sp³-hybridized carbons (Fsp3) is 0.471. The third-order valence-corrected chi connectivity index (χ3v) is 4.07. The molecule has 0 aliphatic rings. The highest BCUT2D eigenvalue weighted by Crippen LogP contribution is 2.20. The van der Waals surface area contributed by atoms with Gasteiger partial charge in [-0.2, -0.15) is 5.10 Å². The second-order valence-corrected chi connectivity index (χ2v) is 5.96. The SMILES string of the molecule is CCCCCCNC(=O)Cn1c(-c2ccc(OC)cc2)n[nH]c1=S. The van der Waals surface area contributed by atoms with E-state index in [4.69, 9.17) is 17.0 Å². The highest BCUT2D eigenvalue weighted by atomic mass is 32.1. The standard InChI is InChI=1S/C17H24N4O2S/c1-3-4-5-6-11-18-15(22)12-21-16(19-20-17(21)24)13-7-9-14(23-2)10-8-13/h7-10H,3-6,11-12H2,1-2H3,(H,18,22)(H,20,24). The minimum Gasteiger partial charge on any atom is -0.497 e. The van der Waals surface area contributed by atoms with Crippen LogP contribution in [0.4, 0.5) is 0 Å². The Hall–Kier alpha value is -2.15. The van der Waals surface area contributed by atoms with E-state index in [0.29, 0.717) is 17.1 Å². The van der Waals surface area contributed by atoms with Crippen LogP contribution in [0.2, 0.25) is 0 Å². The van der Waals surface area contributed by atoms with Crippen molar-refractivity contribution in [3.63, 3.8) is 0 Å². The third-order valence-electron chi connectivity index (χ3n) is 3.76. The van der Waals surface area contributed by atoms with Crippen LogP contribution in [-0.2, 0) is 11.3 Å². The Kier molecular flexibility index (Phi) is 6.99. The van der Waals surface area contributed by atoms with E-state index in [1.54, 1.807) is 11.7 Å². The van der Waals surface area contributed by atoms with Crippen molar-refractivity contribution in [1.82, 2.24) is 20.1 Å². The van der Waals surface area contributed by atoms with E-state index in [9.17, 15) is 4.79 Å². The van der Waals surface area contributed by atoms with Crippen LogP contribution in [0.5, 0.6) is 5.75 Å². The molecule has 1 heterocycles. The zero-order chi connectivity index (χ0) is 17.4. The summed E-state index contributed by atoms with van der Waals surface area (Å²) in [6, 6.07) is 7.49. The Morgan fingerprint density at radius 3 is 2.71 bits per heavy atom. The number of nitrogens with zero attached hydrogens (tertiary/aromatic N) is 2. The van der Waals surface area contributed by atoms with Crippen LogP contribution < -0.4 is 10.1 Å². The first kappa shape index (κ1) is 18.2. The number of carbonyl (C=O) groups excluding carboxylic acids is 1. The van der Waals surface area contributed by atoms with Gasteiger partial charge in [0.05, 0.1) is 7.11 Å². The zero-order valence-electron chi connectivity index (χ0n) is 14.2. The molecule has 1 aromatic heterocycles. The van der Waals surface area contributed by atoms with Gasteiger partial charge in [-0.25, -0.2) is 0 Å². The van der Waals surface area contributed by atoms with Gasteiger partial charge in [-0.1, -0.05) is 26.2 Å². The molecule has 6 nitrogen and oxygen atoms in total. The van der Waals surface area contributed by atoms with E-state index in [1.807, 2.05) is 24.3 Å². The van der Waals surface area contributed by atoms with Crippen molar-refractivity contribution in [2.45, 2.75) is 39.2 Å². The van der Waals surface area contributed by atoms with Gasteiger partial charge < -0.3 is 10.1 Å². The maximum absolute atomic E-state index is 12.1. The predicted molar refractivity (Wildman–Crippen MR) is 96.6 cm³/mol. The van der Waals surface area contributed by atoms with Crippen LogP contribution in [-0.4, -0.2) is 34.3 Å². The molecule has 0 aliphatic carbocycles. The molecule has 0 saturated carbocycles. The maximum atomic E-state index is 12.1. The topological polar surface area (TPSA) is 71.9 Å². The fourth-order valence-electron chi connectivity index (χ4n) is 2.40. The van der Waals surface area contributed by atoms with Crippen LogP contribution in [0, 0.1) is 4.77 Å². The first-order valence-corrected chi connectivity index (χ1v) is 8.63. The van der Waals surface area contributed by atoms with Crippen LogP contribution in [0.3, 0.4) is 0 Å². The number of rotatable bonds is 9. The number of amides is 1. The number of hydrogen-bond acceptors (Lipinski definition) is 4. The first-order chi connectivity index (χ1) is 11.7. The molecule has 0 aliphatic heterocycles. The summed E-state index contributed by atoms with van der Waals surface area (Å²) in [6.07, 6.45) is 4.52. The predicted octanol–water partition coefficient (Wildman–Crippen LogP) is 3.31. The first-order valence-electron chi connectivity index (χ1n) is 8.22. The molecule has 2 aromatic rings. The Bertz CT molecular complexity index is 706. The molecule has 130 valence electrons. The summed E-state index contributed by atoms with van der Waals surface area (Å²) in [4.78, 5) is 12.1. The summed E-state index contributed by atoms with van der Waals surface area (Å²) < 4.78 is 7.30. The number of benzene rings is 1. The minimum absolute atomic E-state index is 0.0567. The lowest BCUT2D eigenvalue weighted by Gasteiger charge is -2.08. The molecule has 0 bridgehead atoms. The van der Waals surface area contributed by atoms with E-state index >= 15 is 0 Å². The van der Waals surface area contributed by atoms with Crippen molar-refractivity contribution in [3.8, 4) is 17.1 Å². The number of hydrogen-bond donors (Lipinski definition) is 2. The van der Waals surface area contributed by atoms with E-state index in [-0.39, 0.29) is 12.5 Å². The van der Waals surface area contributed by atoms with Gasteiger partial charge in [0.15, 0.2) is 10.6 Å². The van der Waals surface area contributed by atoms with Gasteiger partial charge in [-0.15, -0.1) is 0 Å². The summed E-state index contributed by atoms with van der Waals surface area (Å²) in [5.74, 6) is 1.35. The Morgan fingerprint density at radius 1 is 1.29 bits per heavy atom. The second-order valence-electron chi connectivity index (χ2n) is 5.58. The van der Waals surface area contributed by atoms with Crippen molar-refractivity contribution in [2.24, 2.45) is 0 Å². The average molecular weight is 348 g/mol. The van der Waals surface area contributed by atoms with E-state index in [2.05, 4.69) is 22.4 Å². The van der Waals surface area contributed by atoms with E-state index < -0.39 is 0 Å². The molecule has 7 heteroatoms. The molecule has 2 N–H and O–H groups in total. The smallest absolute Gasteiger partial charge is 0.240 e. The van der Waals surface area contributed by atoms with Crippen LogP contribution in [0.15, 0.2) is 24.3 Å². The Labute approximate surface area is 147 Å². The summed E-state index contributed by atoms with van der Waals surface area (Å²) in [5.41, 5.74) is 0.874. The normalized spacial score (nSPS) is 10.6. The Morgan fingerprint density at radius 2 is 2.04 bits per heavy atom. The molecule has 0 fully saturated rings. The molecule has 1 aromatic carbocycles. The van der Waals surface area contributed by atoms with Gasteiger partial charge >= 0.3 is 0 Å². The van der Waals surface area contributed by atoms with Gasteiger partial charge in [0, 0.05) is 12.1 Å². The highest BCUT2D eigenvalue weighted by molar-refractivity contribution is 7.71. The molecule has 2 rings (SSSR count). The van der Waals surface area contributed by atoms with Crippen LogP contribution in [0.25, 0.3) is 11.4 Å². The number of carbonyl (C=O) groups is 1. The third kappa shape index (κ3) is 4.92. The minimum atomic E-state index is -0.0567. The zero-order valence-corrected chi connectivity index (χ0v) is 15.0. The van der Waals surface area contributed by atoms with Crippen LogP contribution >= 0.6 is 12.2 Å². The summed E-state index contributed by atoms with van der Waals surface area (Å²) in [6.45, 7) is 3.02. The van der Waals surface area contributed by atoms with E-state index in [0.717, 1.165) is 24.2 Å². The van der Waals surface area contributed by atoms with Gasteiger partial charge in [-0.05, 0) is 42.9 Å². The van der Waals surface area contributed by atoms with Crippen molar-refractivity contribution in [3.05, 3.63) is 29.0 Å². The number of aromatic amines is 1. The molecule has 0 unspecified atom stereocenters. The average Bonchev–Trinajstić information content (AvgIpc) is 2.95. The van der Waals surface area contributed by atoms with Gasteiger partial charge in [-0.3, -0.25) is 14.5 Å². The van der Waals surface area contributed by atoms with Crippen molar-refractivity contribution in [2.75, 3.05) is 13.7 Å². The van der Waals surface area contributed by atoms with Crippen molar-refractivity contribution in [1.29, 1.82) is 0 Å². The highest BCUT2D eigenvalue weighted by Gasteiger charge is 2.12. The molecule has 0 atom stereocenters. The molecule has 0 saturated heterocycles. The molecular weight excluding hydrogens is 324 g/mol. The molecule has 24 heavy (non-hydrogen) atoms. The molecule has 0 radical (unpaired) electrons. The fourth-order valence-corrected chi connectivity index (χ4v) is 2.60. The largest absolute Gasteiger partial charge is 0.497 e. The number of H-pyrrole nitrogens is 1. The second kappa shape index (κ2) is 9.22. The lowest BCUT2D eigenvalue weighted by atomic mass is 10.2. The summed E-state index contributed by atoms with van der Waals surface area (Å²) >= 11 is 5.25. The lowest BCUT2D eigenvalue weighted by Crippen LogP contribution is -2.28.